The molecule has 0 fully saturated rings. The summed E-state index contributed by atoms with van der Waals surface area (Å²) in [5.41, 5.74) is 3.88. The highest BCUT2D eigenvalue weighted by molar-refractivity contribution is 7.11. The minimum absolute atomic E-state index is 0.460. The molecule has 112 valence electrons. The molecule has 1 atom stereocenters. The fourth-order valence-corrected chi connectivity index (χ4v) is 3.84. The van der Waals surface area contributed by atoms with Gasteiger partial charge in [-0.3, -0.25) is 0 Å². The van der Waals surface area contributed by atoms with E-state index in [1.807, 2.05) is 7.05 Å². The Balaban J connectivity index is 1.80. The van der Waals surface area contributed by atoms with Crippen molar-refractivity contribution < 1.29 is 4.74 Å². The van der Waals surface area contributed by atoms with E-state index in [0.29, 0.717) is 12.6 Å². The largest absolute Gasteiger partial charge is 0.486 e. The van der Waals surface area contributed by atoms with Crippen molar-refractivity contribution in [1.29, 1.82) is 0 Å². The maximum absolute atomic E-state index is 6.07. The fraction of sp³-hybridized carbons (Fsp3) is 0.471. The van der Waals surface area contributed by atoms with Gasteiger partial charge in [-0.1, -0.05) is 12.1 Å². The molecule has 0 spiro atoms. The molecule has 4 heteroatoms. The average molecular weight is 302 g/mol. The van der Waals surface area contributed by atoms with Gasteiger partial charge in [0.25, 0.3) is 0 Å². The second-order valence-electron chi connectivity index (χ2n) is 5.60. The predicted molar refractivity (Wildman–Crippen MR) is 87.1 cm³/mol. The van der Waals surface area contributed by atoms with Crippen molar-refractivity contribution in [2.24, 2.45) is 0 Å². The van der Waals surface area contributed by atoms with Gasteiger partial charge in [-0.05, 0) is 57.4 Å². The predicted octanol–water partition coefficient (Wildman–Crippen LogP) is 3.94. The monoisotopic (exact) mass is 302 g/mol. The number of ether oxygens (including phenoxy) is 1. The molecule has 1 aromatic heterocycles. The first kappa shape index (κ1) is 14.5. The van der Waals surface area contributed by atoms with Gasteiger partial charge in [-0.2, -0.15) is 0 Å². The van der Waals surface area contributed by atoms with Gasteiger partial charge in [-0.25, -0.2) is 4.98 Å². The molecule has 1 aromatic carbocycles. The van der Waals surface area contributed by atoms with Gasteiger partial charge in [0.05, 0.1) is 5.69 Å². The van der Waals surface area contributed by atoms with Crippen molar-refractivity contribution in [1.82, 2.24) is 10.3 Å². The normalized spacial score (nSPS) is 17.6. The molecule has 0 aliphatic heterocycles. The van der Waals surface area contributed by atoms with E-state index in [4.69, 9.17) is 4.74 Å². The van der Waals surface area contributed by atoms with Crippen molar-refractivity contribution in [2.75, 3.05) is 7.05 Å². The molecule has 3 nitrogen and oxygen atoms in total. The summed E-state index contributed by atoms with van der Waals surface area (Å²) in [4.78, 5) is 5.83. The Kier molecular flexibility index (Phi) is 4.27. The first-order chi connectivity index (χ1) is 10.2. The summed E-state index contributed by atoms with van der Waals surface area (Å²) in [6.07, 6.45) is 3.53. The molecule has 1 unspecified atom stereocenters. The second-order valence-corrected chi connectivity index (χ2v) is 6.88. The number of thiazole rings is 1. The number of aryl methyl sites for hydroxylation is 2. The van der Waals surface area contributed by atoms with Gasteiger partial charge < -0.3 is 10.1 Å². The van der Waals surface area contributed by atoms with E-state index < -0.39 is 0 Å². The first-order valence-corrected chi connectivity index (χ1v) is 8.35. The Bertz CT molecular complexity index is 616. The lowest BCUT2D eigenvalue weighted by atomic mass is 9.87. The van der Waals surface area contributed by atoms with E-state index in [1.54, 1.807) is 11.3 Å². The van der Waals surface area contributed by atoms with Crippen LogP contribution >= 0.6 is 11.3 Å². The van der Waals surface area contributed by atoms with Crippen LogP contribution in [0, 0.1) is 13.8 Å². The van der Waals surface area contributed by atoms with E-state index >= 15 is 0 Å². The summed E-state index contributed by atoms with van der Waals surface area (Å²) in [6.45, 7) is 4.73. The van der Waals surface area contributed by atoms with Gasteiger partial charge in [0.15, 0.2) is 0 Å². The second kappa shape index (κ2) is 6.16. The molecule has 1 heterocycles. The zero-order valence-corrected chi connectivity index (χ0v) is 13.7. The van der Waals surface area contributed by atoms with E-state index in [1.165, 1.54) is 28.8 Å². The van der Waals surface area contributed by atoms with Gasteiger partial charge in [-0.15, -0.1) is 11.3 Å². The maximum atomic E-state index is 6.07. The molecule has 0 amide bonds. The van der Waals surface area contributed by atoms with Crippen molar-refractivity contribution >= 4 is 11.3 Å². The standard InChI is InChI=1S/C17H22N2OS/c1-11-12(2)21-17(19-11)10-20-16-9-5-6-13-14(16)7-4-8-15(13)18-3/h5-6,9,15,18H,4,7-8,10H2,1-3H3. The zero-order chi connectivity index (χ0) is 14.8. The smallest absolute Gasteiger partial charge is 0.140 e. The minimum Gasteiger partial charge on any atom is -0.486 e. The number of aromatic nitrogens is 1. The Labute approximate surface area is 130 Å². The SMILES string of the molecule is CNC1CCCc2c(OCc3nc(C)c(C)s3)cccc21. The van der Waals surface area contributed by atoms with Crippen LogP contribution in [0.25, 0.3) is 0 Å². The lowest BCUT2D eigenvalue weighted by Gasteiger charge is -2.26. The van der Waals surface area contributed by atoms with Crippen molar-refractivity contribution in [3.8, 4) is 5.75 Å². The molecule has 1 N–H and O–H groups in total. The molecular weight excluding hydrogens is 280 g/mol. The van der Waals surface area contributed by atoms with Crippen LogP contribution in [-0.2, 0) is 13.0 Å². The highest BCUT2D eigenvalue weighted by atomic mass is 32.1. The molecular formula is C17H22N2OS. The molecule has 1 aliphatic carbocycles. The summed E-state index contributed by atoms with van der Waals surface area (Å²) >= 11 is 1.73. The topological polar surface area (TPSA) is 34.1 Å². The number of fused-ring (bicyclic) bond motifs is 1. The van der Waals surface area contributed by atoms with E-state index in [0.717, 1.165) is 22.9 Å². The fourth-order valence-electron chi connectivity index (χ4n) is 2.99. The Hall–Kier alpha value is -1.39. The van der Waals surface area contributed by atoms with Crippen LogP contribution in [-0.4, -0.2) is 12.0 Å². The Morgan fingerprint density at radius 3 is 2.95 bits per heavy atom. The molecule has 0 saturated heterocycles. The van der Waals surface area contributed by atoms with E-state index in [2.05, 4.69) is 42.3 Å². The Morgan fingerprint density at radius 1 is 1.38 bits per heavy atom. The van der Waals surface area contributed by atoms with Crippen molar-refractivity contribution in [3.63, 3.8) is 0 Å². The highest BCUT2D eigenvalue weighted by Crippen LogP contribution is 2.35. The highest BCUT2D eigenvalue weighted by Gasteiger charge is 2.21. The van der Waals surface area contributed by atoms with E-state index in [9.17, 15) is 0 Å². The third-order valence-corrected chi connectivity index (χ3v) is 5.28. The van der Waals surface area contributed by atoms with Crippen molar-refractivity contribution in [3.05, 3.63) is 44.9 Å². The molecule has 0 radical (unpaired) electrons. The number of nitrogens with one attached hydrogen (secondary N) is 1. The third-order valence-electron chi connectivity index (χ3n) is 4.24. The molecule has 0 bridgehead atoms. The molecule has 0 saturated carbocycles. The van der Waals surface area contributed by atoms with Crippen LogP contribution in [0.15, 0.2) is 18.2 Å². The minimum atomic E-state index is 0.460. The van der Waals surface area contributed by atoms with Gasteiger partial charge in [0, 0.05) is 10.9 Å². The number of hydrogen-bond acceptors (Lipinski definition) is 4. The number of nitrogens with zero attached hydrogens (tertiary/aromatic N) is 1. The number of rotatable bonds is 4. The van der Waals surface area contributed by atoms with Gasteiger partial charge in [0.1, 0.15) is 17.4 Å². The van der Waals surface area contributed by atoms with Crippen LogP contribution in [0.2, 0.25) is 0 Å². The zero-order valence-electron chi connectivity index (χ0n) is 12.9. The third kappa shape index (κ3) is 2.97. The van der Waals surface area contributed by atoms with Crippen LogP contribution in [0.5, 0.6) is 5.75 Å². The molecule has 2 aromatic rings. The van der Waals surface area contributed by atoms with Gasteiger partial charge >= 0.3 is 0 Å². The maximum Gasteiger partial charge on any atom is 0.140 e. The lowest BCUT2D eigenvalue weighted by molar-refractivity contribution is 0.299. The summed E-state index contributed by atoms with van der Waals surface area (Å²) < 4.78 is 6.07. The molecule has 3 rings (SSSR count). The average Bonchev–Trinajstić information content (AvgIpc) is 2.83. The molecule has 21 heavy (non-hydrogen) atoms. The van der Waals surface area contributed by atoms with Crippen LogP contribution in [0.1, 0.15) is 45.6 Å². The van der Waals surface area contributed by atoms with Crippen LogP contribution < -0.4 is 10.1 Å². The quantitative estimate of drug-likeness (QED) is 0.929. The number of hydrogen-bond donors (Lipinski definition) is 1. The first-order valence-electron chi connectivity index (χ1n) is 7.53. The summed E-state index contributed by atoms with van der Waals surface area (Å²) in [7, 11) is 2.04. The number of benzene rings is 1. The summed E-state index contributed by atoms with van der Waals surface area (Å²) in [5, 5.41) is 4.46. The van der Waals surface area contributed by atoms with E-state index in [-0.39, 0.29) is 0 Å². The summed E-state index contributed by atoms with van der Waals surface area (Å²) in [5.74, 6) is 1.03. The van der Waals surface area contributed by atoms with Gasteiger partial charge in [0.2, 0.25) is 0 Å². The lowest BCUT2D eigenvalue weighted by Crippen LogP contribution is -2.22. The Morgan fingerprint density at radius 2 is 2.24 bits per heavy atom. The summed E-state index contributed by atoms with van der Waals surface area (Å²) in [6, 6.07) is 6.87. The van der Waals surface area contributed by atoms with Crippen molar-refractivity contribution in [2.45, 2.75) is 45.8 Å². The van der Waals surface area contributed by atoms with Crippen LogP contribution in [0.3, 0.4) is 0 Å². The molecule has 1 aliphatic rings. The van der Waals surface area contributed by atoms with Crippen LogP contribution in [0.4, 0.5) is 0 Å².